The standard InChI is InChI=1S/C17H21NOS/c1-13-3-8-17(14(2)11-13)20-10-9-19-16-6-4-15(12-18)5-7-16/h3-8,11H,9-10,12,18H2,1-2H3. The first-order valence-electron chi connectivity index (χ1n) is 6.81. The molecule has 2 aromatic carbocycles. The summed E-state index contributed by atoms with van der Waals surface area (Å²) in [7, 11) is 0. The van der Waals surface area contributed by atoms with Gasteiger partial charge in [0.05, 0.1) is 6.61 Å². The van der Waals surface area contributed by atoms with Crippen LogP contribution >= 0.6 is 11.8 Å². The summed E-state index contributed by atoms with van der Waals surface area (Å²) in [5.41, 5.74) is 9.34. The molecule has 0 aliphatic rings. The maximum atomic E-state index is 5.73. The lowest BCUT2D eigenvalue weighted by molar-refractivity contribution is 0.344. The van der Waals surface area contributed by atoms with E-state index in [0.29, 0.717) is 13.2 Å². The van der Waals surface area contributed by atoms with Gasteiger partial charge in [-0.15, -0.1) is 11.8 Å². The summed E-state index contributed by atoms with van der Waals surface area (Å²) in [4.78, 5) is 1.33. The van der Waals surface area contributed by atoms with Crippen molar-refractivity contribution in [2.45, 2.75) is 25.3 Å². The molecule has 20 heavy (non-hydrogen) atoms. The molecule has 3 heteroatoms. The van der Waals surface area contributed by atoms with Gasteiger partial charge < -0.3 is 10.5 Å². The van der Waals surface area contributed by atoms with Gasteiger partial charge in [-0.3, -0.25) is 0 Å². The van der Waals surface area contributed by atoms with Crippen LogP contribution in [-0.2, 0) is 6.54 Å². The lowest BCUT2D eigenvalue weighted by atomic mass is 10.2. The molecule has 2 rings (SSSR count). The fourth-order valence-corrected chi connectivity index (χ4v) is 2.83. The zero-order valence-electron chi connectivity index (χ0n) is 12.1. The van der Waals surface area contributed by atoms with Crippen molar-refractivity contribution in [1.29, 1.82) is 0 Å². The maximum absolute atomic E-state index is 5.73. The summed E-state index contributed by atoms with van der Waals surface area (Å²) in [6, 6.07) is 14.5. The van der Waals surface area contributed by atoms with Crippen molar-refractivity contribution >= 4 is 11.8 Å². The van der Waals surface area contributed by atoms with Gasteiger partial charge in [0.1, 0.15) is 5.75 Å². The Hall–Kier alpha value is -1.45. The molecule has 2 aromatic rings. The largest absolute Gasteiger partial charge is 0.493 e. The Bertz CT molecular complexity index is 551. The molecule has 0 aliphatic heterocycles. The van der Waals surface area contributed by atoms with Crippen LogP contribution in [0.4, 0.5) is 0 Å². The Kier molecular flexibility index (Phi) is 5.50. The SMILES string of the molecule is Cc1ccc(SCCOc2ccc(CN)cc2)c(C)c1. The minimum Gasteiger partial charge on any atom is -0.493 e. The molecule has 2 N–H and O–H groups in total. The van der Waals surface area contributed by atoms with E-state index in [1.807, 2.05) is 36.0 Å². The molecule has 0 radical (unpaired) electrons. The van der Waals surface area contributed by atoms with E-state index in [2.05, 4.69) is 32.0 Å². The van der Waals surface area contributed by atoms with Gasteiger partial charge in [0.2, 0.25) is 0 Å². The Morgan fingerprint density at radius 3 is 2.45 bits per heavy atom. The zero-order chi connectivity index (χ0) is 14.4. The fraction of sp³-hybridized carbons (Fsp3) is 0.294. The van der Waals surface area contributed by atoms with Crippen LogP contribution in [0, 0.1) is 13.8 Å². The minimum atomic E-state index is 0.572. The van der Waals surface area contributed by atoms with Gasteiger partial charge in [-0.1, -0.05) is 29.8 Å². The normalized spacial score (nSPS) is 10.6. The van der Waals surface area contributed by atoms with E-state index < -0.39 is 0 Å². The van der Waals surface area contributed by atoms with Crippen LogP contribution in [0.5, 0.6) is 5.75 Å². The van der Waals surface area contributed by atoms with Gasteiger partial charge in [0.15, 0.2) is 0 Å². The van der Waals surface area contributed by atoms with Crippen molar-refractivity contribution in [3.8, 4) is 5.75 Å². The first-order chi connectivity index (χ1) is 9.69. The van der Waals surface area contributed by atoms with Gasteiger partial charge >= 0.3 is 0 Å². The number of hydrogen-bond acceptors (Lipinski definition) is 3. The average molecular weight is 287 g/mol. The van der Waals surface area contributed by atoms with E-state index in [-0.39, 0.29) is 0 Å². The highest BCUT2D eigenvalue weighted by Gasteiger charge is 2.00. The Morgan fingerprint density at radius 1 is 1.05 bits per heavy atom. The Balaban J connectivity index is 1.78. The van der Waals surface area contributed by atoms with Crippen LogP contribution < -0.4 is 10.5 Å². The number of thioether (sulfide) groups is 1. The van der Waals surface area contributed by atoms with Gasteiger partial charge in [0.25, 0.3) is 0 Å². The summed E-state index contributed by atoms with van der Waals surface area (Å²) >= 11 is 1.84. The third-order valence-electron chi connectivity index (χ3n) is 3.10. The maximum Gasteiger partial charge on any atom is 0.119 e. The van der Waals surface area contributed by atoms with E-state index >= 15 is 0 Å². The van der Waals surface area contributed by atoms with Crippen molar-refractivity contribution < 1.29 is 4.74 Å². The number of aryl methyl sites for hydroxylation is 2. The van der Waals surface area contributed by atoms with E-state index in [4.69, 9.17) is 10.5 Å². The summed E-state index contributed by atoms with van der Waals surface area (Å²) in [6.45, 7) is 5.56. The molecule has 0 spiro atoms. The van der Waals surface area contributed by atoms with Crippen LogP contribution in [0.25, 0.3) is 0 Å². The van der Waals surface area contributed by atoms with Crippen molar-refractivity contribution in [2.75, 3.05) is 12.4 Å². The first kappa shape index (κ1) is 14.9. The molecule has 2 nitrogen and oxygen atoms in total. The highest BCUT2D eigenvalue weighted by atomic mass is 32.2. The van der Waals surface area contributed by atoms with Gasteiger partial charge in [-0.05, 0) is 43.2 Å². The van der Waals surface area contributed by atoms with E-state index in [1.54, 1.807) is 0 Å². The number of rotatable bonds is 6. The fourth-order valence-electron chi connectivity index (χ4n) is 1.99. The molecule has 0 amide bonds. The monoisotopic (exact) mass is 287 g/mol. The molecule has 0 atom stereocenters. The van der Waals surface area contributed by atoms with Crippen LogP contribution in [0.2, 0.25) is 0 Å². The molecule has 0 saturated heterocycles. The minimum absolute atomic E-state index is 0.572. The second-order valence-electron chi connectivity index (χ2n) is 4.81. The molecule has 0 bridgehead atoms. The Morgan fingerprint density at radius 2 is 1.80 bits per heavy atom. The second kappa shape index (κ2) is 7.36. The molecule has 0 aliphatic carbocycles. The number of ether oxygens (including phenoxy) is 1. The lowest BCUT2D eigenvalue weighted by Crippen LogP contribution is -2.01. The van der Waals surface area contributed by atoms with Gasteiger partial charge in [-0.25, -0.2) is 0 Å². The van der Waals surface area contributed by atoms with E-state index in [9.17, 15) is 0 Å². The molecule has 0 aromatic heterocycles. The molecule has 0 fully saturated rings. The molecule has 0 saturated carbocycles. The third-order valence-corrected chi connectivity index (χ3v) is 4.24. The third kappa shape index (κ3) is 4.29. The predicted molar refractivity (Wildman–Crippen MR) is 86.5 cm³/mol. The predicted octanol–water partition coefficient (Wildman–Crippen LogP) is 3.93. The average Bonchev–Trinajstić information content (AvgIpc) is 2.46. The van der Waals surface area contributed by atoms with Gasteiger partial charge in [0, 0.05) is 17.2 Å². The van der Waals surface area contributed by atoms with Crippen molar-refractivity contribution in [3.05, 3.63) is 59.2 Å². The smallest absolute Gasteiger partial charge is 0.119 e. The van der Waals surface area contributed by atoms with E-state index in [0.717, 1.165) is 17.1 Å². The van der Waals surface area contributed by atoms with Crippen molar-refractivity contribution in [3.63, 3.8) is 0 Å². The highest BCUT2D eigenvalue weighted by Crippen LogP contribution is 2.23. The number of hydrogen-bond donors (Lipinski definition) is 1. The Labute approximate surface area is 125 Å². The quantitative estimate of drug-likeness (QED) is 0.646. The lowest BCUT2D eigenvalue weighted by Gasteiger charge is -2.08. The molecule has 0 unspecified atom stereocenters. The first-order valence-corrected chi connectivity index (χ1v) is 7.79. The van der Waals surface area contributed by atoms with Gasteiger partial charge in [-0.2, -0.15) is 0 Å². The van der Waals surface area contributed by atoms with Crippen LogP contribution in [-0.4, -0.2) is 12.4 Å². The van der Waals surface area contributed by atoms with E-state index in [1.165, 1.54) is 16.0 Å². The van der Waals surface area contributed by atoms with Crippen molar-refractivity contribution in [1.82, 2.24) is 0 Å². The molecular formula is C17H21NOS. The zero-order valence-corrected chi connectivity index (χ0v) is 12.9. The van der Waals surface area contributed by atoms with Crippen molar-refractivity contribution in [2.24, 2.45) is 5.73 Å². The summed E-state index contributed by atoms with van der Waals surface area (Å²) in [5, 5.41) is 0. The summed E-state index contributed by atoms with van der Waals surface area (Å²) in [5.74, 6) is 1.85. The molecular weight excluding hydrogens is 266 g/mol. The summed E-state index contributed by atoms with van der Waals surface area (Å²) < 4.78 is 5.73. The molecule has 0 heterocycles. The highest BCUT2D eigenvalue weighted by molar-refractivity contribution is 7.99. The topological polar surface area (TPSA) is 35.2 Å². The van der Waals surface area contributed by atoms with Crippen LogP contribution in [0.15, 0.2) is 47.4 Å². The van der Waals surface area contributed by atoms with Crippen LogP contribution in [0.1, 0.15) is 16.7 Å². The van der Waals surface area contributed by atoms with Crippen LogP contribution in [0.3, 0.4) is 0 Å². The summed E-state index contributed by atoms with van der Waals surface area (Å²) in [6.07, 6.45) is 0. The molecule has 106 valence electrons. The number of benzene rings is 2. The second-order valence-corrected chi connectivity index (χ2v) is 5.95. The number of nitrogens with two attached hydrogens (primary N) is 1.